The van der Waals surface area contributed by atoms with E-state index < -0.39 is 0 Å². The summed E-state index contributed by atoms with van der Waals surface area (Å²) in [6.45, 7) is 11.9. The van der Waals surface area contributed by atoms with Crippen LogP contribution in [0, 0.1) is 6.92 Å². The van der Waals surface area contributed by atoms with E-state index in [9.17, 15) is 0 Å². The Balaban J connectivity index is 1.46. The van der Waals surface area contributed by atoms with E-state index in [4.69, 9.17) is 4.98 Å². The standard InChI is InChI=1S/C23H35N5S/c1-4-5-7-11-17(2)22-18(3)29-21(24-22)16-27-14-10-12-19(27)23-26-25-20-13-8-6-9-15-28(20)23/h19H,2,4-16H2,1,3H3. The van der Waals surface area contributed by atoms with Gasteiger partial charge in [-0.25, -0.2) is 4.98 Å². The minimum Gasteiger partial charge on any atom is -0.314 e. The predicted octanol–water partition coefficient (Wildman–Crippen LogP) is 5.70. The predicted molar refractivity (Wildman–Crippen MR) is 120 cm³/mol. The van der Waals surface area contributed by atoms with E-state index in [1.165, 1.54) is 78.5 Å². The normalized spacial score (nSPS) is 20.0. The maximum atomic E-state index is 5.00. The largest absolute Gasteiger partial charge is 0.314 e. The quantitative estimate of drug-likeness (QED) is 0.521. The molecule has 0 amide bonds. The highest BCUT2D eigenvalue weighted by Gasteiger charge is 2.32. The zero-order chi connectivity index (χ0) is 20.2. The van der Waals surface area contributed by atoms with E-state index in [1.54, 1.807) is 0 Å². The number of hydrogen-bond donors (Lipinski definition) is 0. The van der Waals surface area contributed by atoms with Gasteiger partial charge < -0.3 is 4.57 Å². The summed E-state index contributed by atoms with van der Waals surface area (Å²) < 4.78 is 2.42. The minimum atomic E-state index is 0.384. The third kappa shape index (κ3) is 4.64. The van der Waals surface area contributed by atoms with Crippen molar-refractivity contribution in [3.63, 3.8) is 0 Å². The van der Waals surface area contributed by atoms with Crippen molar-refractivity contribution in [2.45, 2.75) is 97.2 Å². The van der Waals surface area contributed by atoms with Gasteiger partial charge in [0.25, 0.3) is 0 Å². The molecular weight excluding hydrogens is 378 g/mol. The zero-order valence-corrected chi connectivity index (χ0v) is 18.9. The molecule has 0 aromatic carbocycles. The average Bonchev–Trinajstić information content (AvgIpc) is 3.37. The lowest BCUT2D eigenvalue weighted by Crippen LogP contribution is -2.25. The van der Waals surface area contributed by atoms with Crippen LogP contribution in [0.3, 0.4) is 0 Å². The molecule has 1 atom stereocenters. The number of nitrogens with zero attached hydrogens (tertiary/aromatic N) is 5. The van der Waals surface area contributed by atoms with Crippen molar-refractivity contribution in [1.82, 2.24) is 24.6 Å². The molecule has 2 aromatic heterocycles. The Morgan fingerprint density at radius 1 is 1.14 bits per heavy atom. The fourth-order valence-corrected chi connectivity index (χ4v) is 5.80. The van der Waals surface area contributed by atoms with Crippen LogP contribution in [0.5, 0.6) is 0 Å². The highest BCUT2D eigenvalue weighted by molar-refractivity contribution is 7.11. The number of rotatable bonds is 8. The molecule has 4 rings (SSSR count). The Morgan fingerprint density at radius 3 is 2.90 bits per heavy atom. The number of hydrogen-bond acceptors (Lipinski definition) is 5. The third-order valence-corrected chi connectivity index (χ3v) is 7.35. The summed E-state index contributed by atoms with van der Waals surface area (Å²) in [7, 11) is 0. The van der Waals surface area contributed by atoms with E-state index in [1.807, 2.05) is 11.3 Å². The van der Waals surface area contributed by atoms with Gasteiger partial charge in [0.05, 0.1) is 18.3 Å². The molecule has 0 spiro atoms. The molecule has 0 radical (unpaired) electrons. The van der Waals surface area contributed by atoms with Gasteiger partial charge in [0.15, 0.2) is 0 Å². The van der Waals surface area contributed by atoms with Crippen LogP contribution in [0.2, 0.25) is 0 Å². The van der Waals surface area contributed by atoms with Crippen molar-refractivity contribution in [2.75, 3.05) is 6.54 Å². The van der Waals surface area contributed by atoms with E-state index in [0.717, 1.165) is 38.2 Å². The maximum absolute atomic E-state index is 5.00. The smallest absolute Gasteiger partial charge is 0.150 e. The Kier molecular flexibility index (Phi) is 6.81. The van der Waals surface area contributed by atoms with Crippen LogP contribution < -0.4 is 0 Å². The van der Waals surface area contributed by atoms with Gasteiger partial charge in [-0.1, -0.05) is 32.8 Å². The summed E-state index contributed by atoms with van der Waals surface area (Å²) in [5.74, 6) is 2.39. The van der Waals surface area contributed by atoms with Crippen molar-refractivity contribution in [3.05, 3.63) is 33.8 Å². The van der Waals surface area contributed by atoms with Gasteiger partial charge in [-0.05, 0) is 57.6 Å². The molecule has 2 aliphatic heterocycles. The topological polar surface area (TPSA) is 46.8 Å². The summed E-state index contributed by atoms with van der Waals surface area (Å²) in [6, 6.07) is 0.384. The molecule has 6 heteroatoms. The summed E-state index contributed by atoms with van der Waals surface area (Å²) in [5, 5.41) is 10.4. The van der Waals surface area contributed by atoms with Crippen LogP contribution in [0.1, 0.15) is 98.0 Å². The number of aryl methyl sites for hydroxylation is 2. The lowest BCUT2D eigenvalue weighted by atomic mass is 10.1. The first-order valence-electron chi connectivity index (χ1n) is 11.5. The van der Waals surface area contributed by atoms with Crippen molar-refractivity contribution in [3.8, 4) is 0 Å². The van der Waals surface area contributed by atoms with Crippen molar-refractivity contribution in [2.24, 2.45) is 0 Å². The fourth-order valence-electron chi connectivity index (χ4n) is 4.79. The molecule has 2 aromatic rings. The first-order chi connectivity index (χ1) is 14.2. The van der Waals surface area contributed by atoms with Crippen LogP contribution in [0.25, 0.3) is 5.57 Å². The van der Waals surface area contributed by atoms with E-state index in [-0.39, 0.29) is 0 Å². The maximum Gasteiger partial charge on any atom is 0.150 e. The molecular formula is C23H35N5S. The van der Waals surface area contributed by atoms with Crippen LogP contribution in [-0.4, -0.2) is 31.2 Å². The van der Waals surface area contributed by atoms with Crippen LogP contribution in [-0.2, 0) is 19.5 Å². The van der Waals surface area contributed by atoms with Crippen molar-refractivity contribution < 1.29 is 0 Å². The number of aromatic nitrogens is 4. The summed E-state index contributed by atoms with van der Waals surface area (Å²) in [5.41, 5.74) is 2.35. The fraction of sp³-hybridized carbons (Fsp3) is 0.696. The number of unbranched alkanes of at least 4 members (excludes halogenated alkanes) is 2. The highest BCUT2D eigenvalue weighted by Crippen LogP contribution is 2.35. The van der Waals surface area contributed by atoms with Crippen LogP contribution in [0.15, 0.2) is 6.58 Å². The Morgan fingerprint density at radius 2 is 2.03 bits per heavy atom. The van der Waals surface area contributed by atoms with Gasteiger partial charge in [-0.2, -0.15) is 0 Å². The van der Waals surface area contributed by atoms with Crippen LogP contribution >= 0.6 is 11.3 Å². The Bertz CT molecular complexity index is 836. The van der Waals surface area contributed by atoms with Gasteiger partial charge in [-0.3, -0.25) is 4.90 Å². The first kappa shape index (κ1) is 20.7. The molecule has 158 valence electrons. The third-order valence-electron chi connectivity index (χ3n) is 6.40. The summed E-state index contributed by atoms with van der Waals surface area (Å²) >= 11 is 1.84. The van der Waals surface area contributed by atoms with Gasteiger partial charge in [-0.15, -0.1) is 21.5 Å². The Hall–Kier alpha value is -1.53. The monoisotopic (exact) mass is 413 g/mol. The average molecular weight is 414 g/mol. The SMILES string of the molecule is C=C(CCCCC)c1nc(CN2CCCC2c2nnc3n2CCCCC3)sc1C. The molecule has 0 aliphatic carbocycles. The molecule has 0 N–H and O–H groups in total. The molecule has 1 unspecified atom stereocenters. The lowest BCUT2D eigenvalue weighted by Gasteiger charge is -2.23. The molecule has 2 aliphatic rings. The molecule has 5 nitrogen and oxygen atoms in total. The summed E-state index contributed by atoms with van der Waals surface area (Å²) in [4.78, 5) is 8.89. The number of likely N-dealkylation sites (tertiary alicyclic amines) is 1. The second-order valence-electron chi connectivity index (χ2n) is 8.64. The van der Waals surface area contributed by atoms with E-state index in [2.05, 4.69) is 40.1 Å². The van der Waals surface area contributed by atoms with Crippen LogP contribution in [0.4, 0.5) is 0 Å². The molecule has 1 saturated heterocycles. The van der Waals surface area contributed by atoms with Gasteiger partial charge in [0, 0.05) is 17.8 Å². The molecule has 4 heterocycles. The van der Waals surface area contributed by atoms with E-state index >= 15 is 0 Å². The Labute approximate surface area is 179 Å². The highest BCUT2D eigenvalue weighted by atomic mass is 32.1. The zero-order valence-electron chi connectivity index (χ0n) is 18.1. The van der Waals surface area contributed by atoms with Crippen molar-refractivity contribution >= 4 is 16.9 Å². The number of allylic oxidation sites excluding steroid dienone is 1. The summed E-state index contributed by atoms with van der Waals surface area (Å²) in [6.07, 6.45) is 12.1. The van der Waals surface area contributed by atoms with Gasteiger partial charge in [0.1, 0.15) is 16.7 Å². The second-order valence-corrected chi connectivity index (χ2v) is 9.93. The molecule has 29 heavy (non-hydrogen) atoms. The lowest BCUT2D eigenvalue weighted by molar-refractivity contribution is 0.233. The van der Waals surface area contributed by atoms with E-state index in [0.29, 0.717) is 6.04 Å². The molecule has 0 saturated carbocycles. The second kappa shape index (κ2) is 9.52. The molecule has 1 fully saturated rings. The number of fused-ring (bicyclic) bond motifs is 1. The minimum absolute atomic E-state index is 0.384. The van der Waals surface area contributed by atoms with Crippen molar-refractivity contribution in [1.29, 1.82) is 0 Å². The van der Waals surface area contributed by atoms with Gasteiger partial charge in [0.2, 0.25) is 0 Å². The molecule has 0 bridgehead atoms. The first-order valence-corrected chi connectivity index (χ1v) is 12.3. The van der Waals surface area contributed by atoms with Gasteiger partial charge >= 0.3 is 0 Å². The number of thiazole rings is 1.